The first-order valence-electron chi connectivity index (χ1n) is 26.2. The molecule has 0 amide bonds. The fraction of sp³-hybridized carbons (Fsp3) is 0.793. The Balaban J connectivity index is 1.35. The zero-order chi connectivity index (χ0) is 45.8. The molecule has 0 saturated heterocycles. The lowest BCUT2D eigenvalue weighted by atomic mass is 9.88. The van der Waals surface area contributed by atoms with Gasteiger partial charge in [0.1, 0.15) is 17.2 Å². The highest BCUT2D eigenvalue weighted by molar-refractivity contribution is 8.00. The van der Waals surface area contributed by atoms with Gasteiger partial charge in [0.05, 0.1) is 0 Å². The molecule has 2 heterocycles. The van der Waals surface area contributed by atoms with Crippen molar-refractivity contribution >= 4 is 23.5 Å². The molecular formula is C58H98O2S2. The molecule has 2 aliphatic rings. The third kappa shape index (κ3) is 15.7. The second-order valence-electron chi connectivity index (χ2n) is 23.0. The molecule has 2 aliphatic heterocycles. The molecule has 6 atom stereocenters. The number of hydrogen-bond acceptors (Lipinski definition) is 4. The number of ether oxygens (including phenoxy) is 1. The number of fused-ring (bicyclic) bond motifs is 2. The predicted molar refractivity (Wildman–Crippen MR) is 278 cm³/mol. The Morgan fingerprint density at radius 3 is 1.40 bits per heavy atom. The summed E-state index contributed by atoms with van der Waals surface area (Å²) in [7, 11) is 0. The van der Waals surface area contributed by atoms with Crippen LogP contribution in [0.25, 0.3) is 0 Å². The molecule has 4 heteroatoms. The molecule has 0 saturated carbocycles. The SMILES string of the molecule is Cc1c(C)c(Oc2c(C)c(C)c3c(c2C)CC[C@@](C)(CCC[C@H](C)CCC[C@H](C)CCCC(C)C)S3)c2c(c1O)CS[C@@](C)(CCC[C@H](C)CCC[C@H](C)CCCC(C)C)CC2. The monoisotopic (exact) mass is 891 g/mol. The minimum Gasteiger partial charge on any atom is -0.507 e. The minimum atomic E-state index is 0.205. The number of aromatic hydroxyl groups is 1. The Morgan fingerprint density at radius 2 is 0.903 bits per heavy atom. The lowest BCUT2D eigenvalue weighted by Crippen LogP contribution is -2.26. The molecule has 2 nitrogen and oxygen atoms in total. The molecule has 0 unspecified atom stereocenters. The Morgan fingerprint density at radius 1 is 0.484 bits per heavy atom. The molecule has 354 valence electrons. The van der Waals surface area contributed by atoms with Crippen LogP contribution in [0, 0.1) is 70.1 Å². The maximum atomic E-state index is 11.6. The van der Waals surface area contributed by atoms with Crippen LogP contribution in [-0.2, 0) is 18.6 Å². The van der Waals surface area contributed by atoms with Crippen molar-refractivity contribution in [2.45, 2.75) is 265 Å². The smallest absolute Gasteiger partial charge is 0.134 e. The zero-order valence-electron chi connectivity index (χ0n) is 43.4. The molecule has 0 bridgehead atoms. The molecule has 0 spiro atoms. The van der Waals surface area contributed by atoms with Crippen LogP contribution < -0.4 is 4.74 Å². The number of hydrogen-bond donors (Lipinski definition) is 1. The number of phenols is 1. The van der Waals surface area contributed by atoms with E-state index in [2.05, 4.69) is 127 Å². The van der Waals surface area contributed by atoms with Gasteiger partial charge in [0.2, 0.25) is 0 Å². The predicted octanol–water partition coefficient (Wildman–Crippen LogP) is 19.3. The first kappa shape index (κ1) is 53.4. The summed E-state index contributed by atoms with van der Waals surface area (Å²) in [5.41, 5.74) is 9.96. The molecule has 0 fully saturated rings. The summed E-state index contributed by atoms with van der Waals surface area (Å²) >= 11 is 4.25. The van der Waals surface area contributed by atoms with Gasteiger partial charge in [0.25, 0.3) is 0 Å². The van der Waals surface area contributed by atoms with E-state index in [9.17, 15) is 5.11 Å². The molecule has 1 N–H and O–H groups in total. The number of benzene rings is 2. The largest absolute Gasteiger partial charge is 0.507 e. The summed E-state index contributed by atoms with van der Waals surface area (Å²) in [6, 6.07) is 0. The fourth-order valence-electron chi connectivity index (χ4n) is 10.9. The first-order chi connectivity index (χ1) is 29.2. The summed E-state index contributed by atoms with van der Waals surface area (Å²) in [5, 5.41) is 11.6. The summed E-state index contributed by atoms with van der Waals surface area (Å²) in [5.74, 6) is 8.47. The summed E-state index contributed by atoms with van der Waals surface area (Å²) in [6.45, 7) is 35.6. The lowest BCUT2D eigenvalue weighted by Gasteiger charge is -2.37. The first-order valence-corrected chi connectivity index (χ1v) is 28.0. The highest BCUT2D eigenvalue weighted by atomic mass is 32.2. The molecule has 2 aromatic carbocycles. The van der Waals surface area contributed by atoms with Crippen molar-refractivity contribution < 1.29 is 9.84 Å². The number of phenolic OH excluding ortho intramolecular Hbond substituents is 1. The van der Waals surface area contributed by atoms with Crippen LogP contribution in [0.3, 0.4) is 0 Å². The number of rotatable bonds is 26. The second kappa shape index (κ2) is 25.0. The van der Waals surface area contributed by atoms with E-state index in [0.29, 0.717) is 10.5 Å². The van der Waals surface area contributed by atoms with E-state index in [4.69, 9.17) is 4.74 Å². The Bertz CT molecular complexity index is 1690. The summed E-state index contributed by atoms with van der Waals surface area (Å²) < 4.78 is 7.76. The van der Waals surface area contributed by atoms with Crippen LogP contribution in [0.4, 0.5) is 0 Å². The Hall–Kier alpha value is -1.26. The average Bonchev–Trinajstić information content (AvgIpc) is 3.37. The zero-order valence-corrected chi connectivity index (χ0v) is 45.0. The van der Waals surface area contributed by atoms with Crippen molar-refractivity contribution in [2.24, 2.45) is 35.5 Å². The van der Waals surface area contributed by atoms with Gasteiger partial charge >= 0.3 is 0 Å². The van der Waals surface area contributed by atoms with E-state index in [0.717, 1.165) is 88.7 Å². The number of thioether (sulfide) groups is 2. The van der Waals surface area contributed by atoms with Gasteiger partial charge < -0.3 is 9.84 Å². The lowest BCUT2D eigenvalue weighted by molar-refractivity contribution is 0.379. The normalized spacial score (nSPS) is 21.1. The molecule has 0 aromatic heterocycles. The van der Waals surface area contributed by atoms with Gasteiger partial charge in [-0.2, -0.15) is 11.8 Å². The van der Waals surface area contributed by atoms with Gasteiger partial charge in [0.15, 0.2) is 0 Å². The third-order valence-corrected chi connectivity index (χ3v) is 19.2. The van der Waals surface area contributed by atoms with E-state index < -0.39 is 0 Å². The van der Waals surface area contributed by atoms with Crippen LogP contribution in [0.5, 0.6) is 17.2 Å². The van der Waals surface area contributed by atoms with Crippen LogP contribution in [0.1, 0.15) is 242 Å². The van der Waals surface area contributed by atoms with Gasteiger partial charge in [-0.3, -0.25) is 0 Å². The van der Waals surface area contributed by atoms with Crippen LogP contribution in [0.15, 0.2) is 4.90 Å². The van der Waals surface area contributed by atoms with Crippen LogP contribution in [0.2, 0.25) is 0 Å². The molecule has 62 heavy (non-hydrogen) atoms. The average molecular weight is 892 g/mol. The van der Waals surface area contributed by atoms with Crippen molar-refractivity contribution in [3.05, 3.63) is 44.5 Å². The second-order valence-corrected chi connectivity index (χ2v) is 26.2. The van der Waals surface area contributed by atoms with Crippen molar-refractivity contribution in [3.63, 3.8) is 0 Å². The molecule has 4 rings (SSSR count). The van der Waals surface area contributed by atoms with Gasteiger partial charge in [-0.05, 0) is 142 Å². The molecule has 0 aliphatic carbocycles. The minimum absolute atomic E-state index is 0.205. The topological polar surface area (TPSA) is 29.5 Å². The van der Waals surface area contributed by atoms with Crippen LogP contribution >= 0.6 is 23.5 Å². The molecule has 0 radical (unpaired) electrons. The van der Waals surface area contributed by atoms with Crippen molar-refractivity contribution in [3.8, 4) is 17.2 Å². The van der Waals surface area contributed by atoms with Crippen molar-refractivity contribution in [1.29, 1.82) is 0 Å². The maximum Gasteiger partial charge on any atom is 0.134 e. The van der Waals surface area contributed by atoms with Gasteiger partial charge in [-0.1, -0.05) is 172 Å². The molecule has 2 aromatic rings. The third-order valence-electron chi connectivity index (χ3n) is 16.0. The Labute approximate surface area is 393 Å². The van der Waals surface area contributed by atoms with Crippen molar-refractivity contribution in [1.82, 2.24) is 0 Å². The maximum absolute atomic E-state index is 11.6. The van der Waals surface area contributed by atoms with Crippen LogP contribution in [-0.4, -0.2) is 14.6 Å². The summed E-state index contributed by atoms with van der Waals surface area (Å²) in [4.78, 5) is 1.52. The van der Waals surface area contributed by atoms with E-state index >= 15 is 0 Å². The quantitative estimate of drug-likeness (QED) is 0.102. The Kier molecular flexibility index (Phi) is 21.5. The highest BCUT2D eigenvalue weighted by Gasteiger charge is 2.36. The van der Waals surface area contributed by atoms with Gasteiger partial charge in [0, 0.05) is 31.3 Å². The van der Waals surface area contributed by atoms with E-state index in [1.165, 1.54) is 155 Å². The van der Waals surface area contributed by atoms with Crippen molar-refractivity contribution in [2.75, 3.05) is 0 Å². The van der Waals surface area contributed by atoms with E-state index in [1.807, 2.05) is 0 Å². The van der Waals surface area contributed by atoms with E-state index in [1.54, 1.807) is 0 Å². The molecular weight excluding hydrogens is 793 g/mol. The standard InChI is InChI=1S/C58H98O2S2/c1-39(2)22-16-24-41(5)26-18-28-43(7)30-20-34-57(14)36-33-51-52(38-61-57)53(59)45(9)46(10)55(51)60-54-47(11)48(12)56-50(49(54)13)32-37-58(15,62-56)35-21-31-44(8)29-19-27-42(6)25-17-23-40(3)4/h39-44,59H,16-38H2,1-15H3/t41-,42-,43-,44-,57+,58-/m1/s1. The van der Waals surface area contributed by atoms with Gasteiger partial charge in [-0.25, -0.2) is 0 Å². The fourth-order valence-corrected chi connectivity index (χ4v) is 13.8. The van der Waals surface area contributed by atoms with Gasteiger partial charge in [-0.15, -0.1) is 11.8 Å². The van der Waals surface area contributed by atoms with E-state index in [-0.39, 0.29) is 4.75 Å². The summed E-state index contributed by atoms with van der Waals surface area (Å²) in [6.07, 6.45) is 29.0. The highest BCUT2D eigenvalue weighted by Crippen LogP contribution is 2.53.